The van der Waals surface area contributed by atoms with Crippen LogP contribution in [0.15, 0.2) is 0 Å². The first-order chi connectivity index (χ1) is 7.56. The summed E-state index contributed by atoms with van der Waals surface area (Å²) in [5.41, 5.74) is 0. The number of carbonyl (C=O) groups excluding carboxylic acids is 1. The summed E-state index contributed by atoms with van der Waals surface area (Å²) < 4.78 is 10.3. The third kappa shape index (κ3) is 1.68. The van der Waals surface area contributed by atoms with Gasteiger partial charge in [0.05, 0.1) is 25.9 Å². The molecule has 2 saturated heterocycles. The summed E-state index contributed by atoms with van der Waals surface area (Å²) in [6.45, 7) is 5.13. The smallest absolute Gasteiger partial charge is 0.409 e. The predicted octanol–water partition coefficient (Wildman–Crippen LogP) is 0.469. The van der Waals surface area contributed by atoms with E-state index in [4.69, 9.17) is 9.47 Å². The Balaban J connectivity index is 2.19. The first-order valence-corrected chi connectivity index (χ1v) is 5.70. The molecule has 5 heteroatoms. The Bertz CT molecular complexity index is 281. The molecule has 2 aliphatic heterocycles. The number of rotatable bonds is 1. The zero-order valence-electron chi connectivity index (χ0n) is 9.92. The summed E-state index contributed by atoms with van der Waals surface area (Å²) in [7, 11) is 1.36. The lowest BCUT2D eigenvalue weighted by Crippen LogP contribution is -2.43. The van der Waals surface area contributed by atoms with Crippen LogP contribution in [0.3, 0.4) is 0 Å². The summed E-state index contributed by atoms with van der Waals surface area (Å²) >= 11 is 0. The van der Waals surface area contributed by atoms with Crippen LogP contribution in [0.1, 0.15) is 13.8 Å². The number of ether oxygens (including phenoxy) is 2. The zero-order valence-corrected chi connectivity index (χ0v) is 9.92. The number of likely N-dealkylation sites (tertiary alicyclic amines) is 1. The Labute approximate surface area is 95.3 Å². The van der Waals surface area contributed by atoms with Crippen molar-refractivity contribution in [1.29, 1.82) is 0 Å². The number of aliphatic hydroxyl groups is 1. The van der Waals surface area contributed by atoms with Gasteiger partial charge in [0, 0.05) is 12.5 Å². The fraction of sp³-hybridized carbons (Fsp3) is 0.909. The molecule has 0 spiro atoms. The van der Waals surface area contributed by atoms with Crippen LogP contribution in [0.4, 0.5) is 4.79 Å². The van der Waals surface area contributed by atoms with E-state index in [9.17, 15) is 9.90 Å². The summed E-state index contributed by atoms with van der Waals surface area (Å²) in [4.78, 5) is 13.2. The molecule has 0 bridgehead atoms. The van der Waals surface area contributed by atoms with Crippen LogP contribution in [0, 0.1) is 11.8 Å². The van der Waals surface area contributed by atoms with Gasteiger partial charge in [-0.3, -0.25) is 4.90 Å². The van der Waals surface area contributed by atoms with Crippen LogP contribution >= 0.6 is 0 Å². The van der Waals surface area contributed by atoms with Gasteiger partial charge in [-0.25, -0.2) is 4.79 Å². The average molecular weight is 229 g/mol. The fourth-order valence-electron chi connectivity index (χ4n) is 2.74. The first kappa shape index (κ1) is 11.7. The van der Waals surface area contributed by atoms with Crippen molar-refractivity contribution in [3.63, 3.8) is 0 Å². The molecule has 0 aromatic heterocycles. The number of amides is 1. The van der Waals surface area contributed by atoms with Gasteiger partial charge in [-0.1, -0.05) is 13.8 Å². The molecule has 0 radical (unpaired) electrons. The van der Waals surface area contributed by atoms with Crippen molar-refractivity contribution in [2.24, 2.45) is 11.8 Å². The third-order valence-corrected chi connectivity index (χ3v) is 3.65. The summed E-state index contributed by atoms with van der Waals surface area (Å²) in [5, 5.41) is 9.84. The van der Waals surface area contributed by atoms with E-state index in [1.807, 2.05) is 0 Å². The van der Waals surface area contributed by atoms with Gasteiger partial charge in [0.15, 0.2) is 0 Å². The molecule has 2 aliphatic rings. The normalized spacial score (nSPS) is 37.9. The highest BCUT2D eigenvalue weighted by Gasteiger charge is 2.53. The van der Waals surface area contributed by atoms with Crippen molar-refractivity contribution in [3.05, 3.63) is 0 Å². The molecular weight excluding hydrogens is 210 g/mol. The second-order valence-corrected chi connectivity index (χ2v) is 4.89. The van der Waals surface area contributed by atoms with Crippen molar-refractivity contribution in [1.82, 2.24) is 4.90 Å². The molecule has 0 aromatic carbocycles. The van der Waals surface area contributed by atoms with Crippen LogP contribution in [0.25, 0.3) is 0 Å². The second kappa shape index (κ2) is 4.22. The molecule has 2 rings (SSSR count). The molecular formula is C11H19NO4. The van der Waals surface area contributed by atoms with Crippen molar-refractivity contribution < 1.29 is 19.4 Å². The molecule has 2 heterocycles. The summed E-state index contributed by atoms with van der Waals surface area (Å²) in [5.74, 6) is 0.703. The van der Waals surface area contributed by atoms with E-state index < -0.39 is 6.10 Å². The molecule has 1 amide bonds. The number of hydrogen-bond donors (Lipinski definition) is 1. The van der Waals surface area contributed by atoms with Gasteiger partial charge in [0.2, 0.25) is 0 Å². The van der Waals surface area contributed by atoms with Gasteiger partial charge in [-0.05, 0) is 5.92 Å². The van der Waals surface area contributed by atoms with Gasteiger partial charge in [0.25, 0.3) is 0 Å². The lowest BCUT2D eigenvalue weighted by Gasteiger charge is -2.23. The maximum absolute atomic E-state index is 11.6. The number of fused-ring (bicyclic) bond motifs is 1. The Morgan fingerprint density at radius 1 is 1.56 bits per heavy atom. The minimum atomic E-state index is -0.590. The van der Waals surface area contributed by atoms with Crippen LogP contribution in [0.5, 0.6) is 0 Å². The lowest BCUT2D eigenvalue weighted by atomic mass is 9.90. The number of methoxy groups -OCH3 is 1. The van der Waals surface area contributed by atoms with Crippen molar-refractivity contribution >= 4 is 6.09 Å². The molecule has 92 valence electrons. The molecule has 0 aromatic rings. The zero-order chi connectivity index (χ0) is 11.9. The monoisotopic (exact) mass is 229 g/mol. The van der Waals surface area contributed by atoms with Crippen LogP contribution in [-0.2, 0) is 9.47 Å². The highest BCUT2D eigenvalue weighted by Crippen LogP contribution is 2.37. The third-order valence-electron chi connectivity index (χ3n) is 3.65. The number of nitrogens with zero attached hydrogens (tertiary/aromatic N) is 1. The Morgan fingerprint density at radius 3 is 2.81 bits per heavy atom. The minimum Gasteiger partial charge on any atom is -0.453 e. The standard InChI is InChI=1S/C11H19NO4/c1-6(2)7-4-12(11(14)15-3)9-8(13)5-16-10(7)9/h6-10,13H,4-5H2,1-3H3. The lowest BCUT2D eigenvalue weighted by molar-refractivity contribution is 0.0484. The molecule has 0 aliphatic carbocycles. The van der Waals surface area contributed by atoms with E-state index in [0.717, 1.165) is 0 Å². The first-order valence-electron chi connectivity index (χ1n) is 5.70. The maximum atomic E-state index is 11.6. The van der Waals surface area contributed by atoms with Crippen LogP contribution in [0.2, 0.25) is 0 Å². The highest BCUT2D eigenvalue weighted by atomic mass is 16.5. The molecule has 16 heavy (non-hydrogen) atoms. The van der Waals surface area contributed by atoms with Crippen LogP contribution in [-0.4, -0.2) is 54.6 Å². The van der Waals surface area contributed by atoms with Crippen molar-refractivity contribution in [2.45, 2.75) is 32.1 Å². The summed E-state index contributed by atoms with van der Waals surface area (Å²) in [6.07, 6.45) is -1.01. The van der Waals surface area contributed by atoms with Gasteiger partial charge in [-0.15, -0.1) is 0 Å². The van der Waals surface area contributed by atoms with Gasteiger partial charge in [0.1, 0.15) is 6.10 Å². The summed E-state index contributed by atoms with van der Waals surface area (Å²) in [6, 6.07) is -0.236. The van der Waals surface area contributed by atoms with E-state index >= 15 is 0 Å². The highest BCUT2D eigenvalue weighted by molar-refractivity contribution is 5.68. The minimum absolute atomic E-state index is 0.0471. The van der Waals surface area contributed by atoms with E-state index in [1.54, 1.807) is 4.90 Å². The molecule has 5 nitrogen and oxygen atoms in total. The Hall–Kier alpha value is -0.810. The maximum Gasteiger partial charge on any atom is 0.409 e. The number of aliphatic hydroxyl groups excluding tert-OH is 1. The van der Waals surface area contributed by atoms with E-state index in [2.05, 4.69) is 13.8 Å². The molecule has 2 fully saturated rings. The SMILES string of the molecule is COC(=O)N1CC(C(C)C)C2OCC(O)C21. The number of hydrogen-bond acceptors (Lipinski definition) is 4. The predicted molar refractivity (Wildman–Crippen MR) is 57.0 cm³/mol. The van der Waals surface area contributed by atoms with Gasteiger partial charge in [-0.2, -0.15) is 0 Å². The van der Waals surface area contributed by atoms with E-state index in [-0.39, 0.29) is 24.2 Å². The van der Waals surface area contributed by atoms with Gasteiger partial charge < -0.3 is 14.6 Å². The van der Waals surface area contributed by atoms with E-state index in [1.165, 1.54) is 7.11 Å². The largest absolute Gasteiger partial charge is 0.453 e. The topological polar surface area (TPSA) is 59.0 Å². The second-order valence-electron chi connectivity index (χ2n) is 4.89. The van der Waals surface area contributed by atoms with Crippen molar-refractivity contribution in [3.8, 4) is 0 Å². The Kier molecular flexibility index (Phi) is 3.08. The Morgan fingerprint density at radius 2 is 2.25 bits per heavy atom. The number of carbonyl (C=O) groups is 1. The molecule has 1 N–H and O–H groups in total. The quantitative estimate of drug-likeness (QED) is 0.710. The molecule has 0 saturated carbocycles. The molecule has 4 atom stereocenters. The molecule has 4 unspecified atom stereocenters. The van der Waals surface area contributed by atoms with E-state index in [0.29, 0.717) is 19.1 Å². The fourth-order valence-corrected chi connectivity index (χ4v) is 2.74. The van der Waals surface area contributed by atoms with Gasteiger partial charge >= 0.3 is 6.09 Å². The van der Waals surface area contributed by atoms with Crippen molar-refractivity contribution in [2.75, 3.05) is 20.3 Å². The van der Waals surface area contributed by atoms with Crippen LogP contribution < -0.4 is 0 Å². The average Bonchev–Trinajstić information content (AvgIpc) is 2.78.